The fraction of sp³-hybridized carbons (Fsp3) is 0.350. The Balaban J connectivity index is 1.76. The highest BCUT2D eigenvalue weighted by atomic mass is 16.7. The second kappa shape index (κ2) is 5.60. The highest BCUT2D eigenvalue weighted by Crippen LogP contribution is 2.48. The number of anilines is 2. The smallest absolute Gasteiger partial charge is 0.258 e. The second-order valence-corrected chi connectivity index (χ2v) is 8.22. The van der Waals surface area contributed by atoms with Crippen LogP contribution in [0.4, 0.5) is 11.8 Å². The van der Waals surface area contributed by atoms with Crippen LogP contribution in [0, 0.1) is 5.41 Å². The summed E-state index contributed by atoms with van der Waals surface area (Å²) in [5.41, 5.74) is 7.81. The van der Waals surface area contributed by atoms with E-state index in [1.165, 1.54) is 0 Å². The SMILES string of the molecule is CC1(C)CC(=O)C2=C(C1)Nc1nc(N)[nH]c(=O)c1[C@@H]2c1ccc2c(c1)OCO2. The number of Topliss-reactive ketones (excluding diaryl/α,β-unsaturated/α-hetero) is 1. The van der Waals surface area contributed by atoms with Gasteiger partial charge in [-0.25, -0.2) is 0 Å². The summed E-state index contributed by atoms with van der Waals surface area (Å²) in [5, 5.41) is 3.21. The predicted molar refractivity (Wildman–Crippen MR) is 102 cm³/mol. The lowest BCUT2D eigenvalue weighted by Gasteiger charge is -2.38. The number of nitrogens with zero attached hydrogens (tertiary/aromatic N) is 1. The number of benzene rings is 1. The van der Waals surface area contributed by atoms with Crippen LogP contribution in [-0.4, -0.2) is 22.5 Å². The number of aromatic nitrogens is 2. The number of nitrogens with two attached hydrogens (primary N) is 1. The van der Waals surface area contributed by atoms with Gasteiger partial charge in [-0.05, 0) is 29.5 Å². The number of nitrogen functional groups attached to an aromatic ring is 1. The Morgan fingerprint density at radius 2 is 1.96 bits per heavy atom. The zero-order valence-corrected chi connectivity index (χ0v) is 15.6. The van der Waals surface area contributed by atoms with Gasteiger partial charge in [-0.2, -0.15) is 4.98 Å². The zero-order valence-electron chi connectivity index (χ0n) is 15.6. The largest absolute Gasteiger partial charge is 0.454 e. The monoisotopic (exact) mass is 380 g/mol. The second-order valence-electron chi connectivity index (χ2n) is 8.22. The van der Waals surface area contributed by atoms with Gasteiger partial charge in [-0.15, -0.1) is 0 Å². The molecule has 1 aromatic carbocycles. The maximum Gasteiger partial charge on any atom is 0.258 e. The van der Waals surface area contributed by atoms with Gasteiger partial charge < -0.3 is 20.5 Å². The third kappa shape index (κ3) is 2.48. The Labute approximate surface area is 160 Å². The molecule has 0 fully saturated rings. The van der Waals surface area contributed by atoms with Crippen LogP contribution in [0.3, 0.4) is 0 Å². The van der Waals surface area contributed by atoms with E-state index in [1.54, 1.807) is 6.07 Å². The van der Waals surface area contributed by atoms with Gasteiger partial charge >= 0.3 is 0 Å². The van der Waals surface area contributed by atoms with Crippen molar-refractivity contribution in [2.45, 2.75) is 32.6 Å². The Kier molecular flexibility index (Phi) is 3.37. The van der Waals surface area contributed by atoms with E-state index >= 15 is 0 Å². The van der Waals surface area contributed by atoms with Crippen LogP contribution in [0.15, 0.2) is 34.3 Å². The molecule has 1 aromatic heterocycles. The number of carbonyl (C=O) groups is 1. The van der Waals surface area contributed by atoms with Crippen molar-refractivity contribution in [3.63, 3.8) is 0 Å². The van der Waals surface area contributed by atoms with E-state index in [0.29, 0.717) is 41.3 Å². The molecule has 1 aliphatic carbocycles. The molecule has 144 valence electrons. The molecule has 3 aliphatic rings. The average Bonchev–Trinajstić information content (AvgIpc) is 3.06. The van der Waals surface area contributed by atoms with E-state index in [4.69, 9.17) is 15.2 Å². The maximum absolute atomic E-state index is 13.1. The maximum atomic E-state index is 13.1. The Morgan fingerprint density at radius 1 is 1.18 bits per heavy atom. The molecule has 8 heteroatoms. The molecule has 3 heterocycles. The molecular formula is C20H20N4O4. The van der Waals surface area contributed by atoms with Crippen LogP contribution in [0.25, 0.3) is 0 Å². The number of aromatic amines is 1. The fourth-order valence-electron chi connectivity index (χ4n) is 4.36. The van der Waals surface area contributed by atoms with E-state index in [9.17, 15) is 9.59 Å². The quantitative estimate of drug-likeness (QED) is 0.694. The average molecular weight is 380 g/mol. The topological polar surface area (TPSA) is 119 Å². The Bertz CT molecular complexity index is 1120. The van der Waals surface area contributed by atoms with E-state index in [0.717, 1.165) is 11.3 Å². The first-order valence-electron chi connectivity index (χ1n) is 9.15. The standard InChI is InChI=1S/C20H20N4O4/c1-20(2)6-10-15(11(25)7-20)14(9-3-4-12-13(5-9)28-8-27-12)16-17(22-10)23-19(21)24-18(16)26/h3-5,14H,6-8H2,1-2H3,(H4,21,22,23,24,26)/t14-/m1/s1. The zero-order chi connectivity index (χ0) is 19.6. The number of rotatable bonds is 1. The first-order chi connectivity index (χ1) is 13.3. The molecule has 0 bridgehead atoms. The lowest BCUT2D eigenvalue weighted by Crippen LogP contribution is -2.37. The van der Waals surface area contributed by atoms with Gasteiger partial charge in [0.2, 0.25) is 12.7 Å². The minimum atomic E-state index is -0.541. The van der Waals surface area contributed by atoms with Crippen molar-refractivity contribution < 1.29 is 14.3 Å². The van der Waals surface area contributed by atoms with Crippen LogP contribution in [0.2, 0.25) is 0 Å². The number of hydrogen-bond donors (Lipinski definition) is 3. The number of nitrogens with one attached hydrogen (secondary N) is 2. The number of ether oxygens (including phenoxy) is 2. The molecule has 0 saturated heterocycles. The van der Waals surface area contributed by atoms with Gasteiger partial charge in [0.25, 0.3) is 5.56 Å². The number of H-pyrrole nitrogens is 1. The van der Waals surface area contributed by atoms with Crippen molar-refractivity contribution in [2.24, 2.45) is 5.41 Å². The number of carbonyl (C=O) groups excluding carboxylic acids is 1. The molecule has 0 unspecified atom stereocenters. The van der Waals surface area contributed by atoms with E-state index < -0.39 is 5.92 Å². The third-order valence-corrected chi connectivity index (χ3v) is 5.47. The lowest BCUT2D eigenvalue weighted by atomic mass is 9.69. The summed E-state index contributed by atoms with van der Waals surface area (Å²) >= 11 is 0. The van der Waals surface area contributed by atoms with Gasteiger partial charge in [0.1, 0.15) is 5.82 Å². The molecule has 0 saturated carbocycles. The molecule has 28 heavy (non-hydrogen) atoms. The highest BCUT2D eigenvalue weighted by Gasteiger charge is 2.42. The predicted octanol–water partition coefficient (Wildman–Crippen LogP) is 2.28. The molecule has 5 rings (SSSR count). The van der Waals surface area contributed by atoms with Crippen molar-refractivity contribution in [3.8, 4) is 11.5 Å². The molecule has 0 radical (unpaired) electrons. The van der Waals surface area contributed by atoms with E-state index in [2.05, 4.69) is 29.1 Å². The van der Waals surface area contributed by atoms with Gasteiger partial charge in [-0.3, -0.25) is 14.6 Å². The van der Waals surface area contributed by atoms with Gasteiger partial charge in [0, 0.05) is 23.6 Å². The Morgan fingerprint density at radius 3 is 2.79 bits per heavy atom. The summed E-state index contributed by atoms with van der Waals surface area (Å²) in [5.74, 6) is 1.17. The van der Waals surface area contributed by atoms with Crippen molar-refractivity contribution in [3.05, 3.63) is 50.9 Å². The fourth-order valence-corrected chi connectivity index (χ4v) is 4.36. The first kappa shape index (κ1) is 16.9. The number of hydrogen-bond acceptors (Lipinski definition) is 7. The lowest BCUT2D eigenvalue weighted by molar-refractivity contribution is -0.118. The summed E-state index contributed by atoms with van der Waals surface area (Å²) in [6, 6.07) is 5.49. The van der Waals surface area contributed by atoms with E-state index in [-0.39, 0.29) is 29.5 Å². The van der Waals surface area contributed by atoms with E-state index in [1.807, 2.05) is 12.1 Å². The van der Waals surface area contributed by atoms with Crippen LogP contribution in [0.1, 0.15) is 43.7 Å². The normalized spacial score (nSPS) is 21.8. The van der Waals surface area contributed by atoms with Crippen molar-refractivity contribution >= 4 is 17.5 Å². The molecule has 0 amide bonds. The highest BCUT2D eigenvalue weighted by molar-refractivity contribution is 6.01. The van der Waals surface area contributed by atoms with Gasteiger partial charge in [0.15, 0.2) is 17.3 Å². The Hall–Kier alpha value is -3.29. The summed E-state index contributed by atoms with van der Waals surface area (Å²) in [4.78, 5) is 32.8. The molecule has 4 N–H and O–H groups in total. The summed E-state index contributed by atoms with van der Waals surface area (Å²) in [7, 11) is 0. The molecule has 2 aromatic rings. The summed E-state index contributed by atoms with van der Waals surface area (Å²) < 4.78 is 10.9. The third-order valence-electron chi connectivity index (χ3n) is 5.47. The molecule has 1 atom stereocenters. The van der Waals surface area contributed by atoms with Crippen molar-refractivity contribution in [1.82, 2.24) is 9.97 Å². The number of ketones is 1. The van der Waals surface area contributed by atoms with Crippen LogP contribution in [0.5, 0.6) is 11.5 Å². The number of allylic oxidation sites excluding steroid dienone is 2. The van der Waals surface area contributed by atoms with Gasteiger partial charge in [-0.1, -0.05) is 19.9 Å². The van der Waals surface area contributed by atoms with Crippen molar-refractivity contribution in [1.29, 1.82) is 0 Å². The molecule has 2 aliphatic heterocycles. The minimum Gasteiger partial charge on any atom is -0.454 e. The molecular weight excluding hydrogens is 360 g/mol. The summed E-state index contributed by atoms with van der Waals surface area (Å²) in [6.07, 6.45) is 1.10. The molecule has 8 nitrogen and oxygen atoms in total. The first-order valence-corrected chi connectivity index (χ1v) is 9.15. The molecule has 0 spiro atoms. The summed E-state index contributed by atoms with van der Waals surface area (Å²) in [6.45, 7) is 4.27. The van der Waals surface area contributed by atoms with Crippen LogP contribution in [-0.2, 0) is 4.79 Å². The van der Waals surface area contributed by atoms with Crippen LogP contribution >= 0.6 is 0 Å². The van der Waals surface area contributed by atoms with Crippen molar-refractivity contribution in [2.75, 3.05) is 17.8 Å². The minimum absolute atomic E-state index is 0.0308. The number of fused-ring (bicyclic) bond motifs is 2. The van der Waals surface area contributed by atoms with Gasteiger partial charge in [0.05, 0.1) is 5.56 Å². The van der Waals surface area contributed by atoms with Crippen LogP contribution < -0.4 is 26.1 Å².